The number of benzene rings is 1. The van der Waals surface area contributed by atoms with Crippen molar-refractivity contribution >= 4 is 21.6 Å². The zero-order chi connectivity index (χ0) is 14.5. The number of hydrogen-bond donors (Lipinski definition) is 1. The van der Waals surface area contributed by atoms with Gasteiger partial charge in [-0.1, -0.05) is 6.07 Å². The smallest absolute Gasteiger partial charge is 0.0510 e. The minimum atomic E-state index is 0.203. The highest BCUT2D eigenvalue weighted by Gasteiger charge is 2.21. The van der Waals surface area contributed by atoms with Gasteiger partial charge in [-0.25, -0.2) is 0 Å². The van der Waals surface area contributed by atoms with E-state index in [-0.39, 0.29) is 6.04 Å². The lowest BCUT2D eigenvalue weighted by Crippen LogP contribution is -2.37. The molecule has 20 heavy (non-hydrogen) atoms. The van der Waals surface area contributed by atoms with E-state index in [2.05, 4.69) is 39.0 Å². The van der Waals surface area contributed by atoms with Gasteiger partial charge in [-0.3, -0.25) is 0 Å². The van der Waals surface area contributed by atoms with Gasteiger partial charge in [-0.2, -0.15) is 0 Å². The van der Waals surface area contributed by atoms with Crippen LogP contribution in [0.1, 0.15) is 25.3 Å². The number of nitrogens with two attached hydrogens (primary N) is 1. The Morgan fingerprint density at radius 1 is 1.50 bits per heavy atom. The molecule has 0 bridgehead atoms. The third-order valence-electron chi connectivity index (χ3n) is 3.83. The molecular formula is C16H25BrN2O. The molecule has 0 amide bonds. The Morgan fingerprint density at radius 2 is 2.30 bits per heavy atom. The average molecular weight is 341 g/mol. The molecule has 1 aliphatic heterocycles. The topological polar surface area (TPSA) is 38.5 Å². The van der Waals surface area contributed by atoms with Crippen LogP contribution >= 0.6 is 15.9 Å². The summed E-state index contributed by atoms with van der Waals surface area (Å²) in [5.41, 5.74) is 8.45. The number of methoxy groups -OCH3 is 1. The lowest BCUT2D eigenvalue weighted by Gasteiger charge is -2.34. The minimum Gasteiger partial charge on any atom is -0.384 e. The van der Waals surface area contributed by atoms with E-state index in [0.717, 1.165) is 26.1 Å². The summed E-state index contributed by atoms with van der Waals surface area (Å²) in [6.07, 6.45) is 3.43. The molecule has 0 aromatic heterocycles. The molecule has 0 aliphatic carbocycles. The van der Waals surface area contributed by atoms with Crippen LogP contribution in [0, 0.1) is 5.92 Å². The SMILES string of the molecule is COCC1CCCN(c2ccc(CC(C)N)cc2Br)C1. The van der Waals surface area contributed by atoms with Crippen molar-refractivity contribution in [1.82, 2.24) is 0 Å². The molecule has 2 rings (SSSR count). The predicted octanol–water partition coefficient (Wildman–Crippen LogP) is 3.20. The normalized spacial score (nSPS) is 21.0. The quantitative estimate of drug-likeness (QED) is 0.894. The van der Waals surface area contributed by atoms with E-state index < -0.39 is 0 Å². The summed E-state index contributed by atoms with van der Waals surface area (Å²) in [5, 5.41) is 0. The molecule has 0 saturated carbocycles. The molecule has 112 valence electrons. The molecule has 0 spiro atoms. The standard InChI is InChI=1S/C16H25BrN2O/c1-12(18)8-13-5-6-16(15(17)9-13)19-7-3-4-14(10-19)11-20-2/h5-6,9,12,14H,3-4,7-8,10-11,18H2,1-2H3. The van der Waals surface area contributed by atoms with Gasteiger partial charge in [-0.15, -0.1) is 0 Å². The zero-order valence-electron chi connectivity index (χ0n) is 12.4. The van der Waals surface area contributed by atoms with Crippen molar-refractivity contribution in [2.45, 2.75) is 32.2 Å². The number of rotatable bonds is 5. The minimum absolute atomic E-state index is 0.203. The van der Waals surface area contributed by atoms with Crippen LogP contribution in [0.25, 0.3) is 0 Å². The van der Waals surface area contributed by atoms with Crippen LogP contribution in [-0.2, 0) is 11.2 Å². The van der Waals surface area contributed by atoms with Gasteiger partial charge < -0.3 is 15.4 Å². The average Bonchev–Trinajstić information content (AvgIpc) is 2.39. The molecule has 2 unspecified atom stereocenters. The van der Waals surface area contributed by atoms with Crippen LogP contribution in [0.3, 0.4) is 0 Å². The van der Waals surface area contributed by atoms with Crippen molar-refractivity contribution in [1.29, 1.82) is 0 Å². The summed E-state index contributed by atoms with van der Waals surface area (Å²) in [7, 11) is 1.79. The Hall–Kier alpha value is -0.580. The van der Waals surface area contributed by atoms with E-state index in [4.69, 9.17) is 10.5 Å². The van der Waals surface area contributed by atoms with Crippen LogP contribution in [0.5, 0.6) is 0 Å². The third-order valence-corrected chi connectivity index (χ3v) is 4.47. The summed E-state index contributed by atoms with van der Waals surface area (Å²) in [6, 6.07) is 6.83. The largest absolute Gasteiger partial charge is 0.384 e. The molecule has 1 aromatic carbocycles. The molecule has 2 atom stereocenters. The molecule has 4 heteroatoms. The Balaban J connectivity index is 2.08. The van der Waals surface area contributed by atoms with Crippen LogP contribution in [-0.4, -0.2) is 32.8 Å². The molecule has 1 aromatic rings. The summed E-state index contributed by atoms with van der Waals surface area (Å²) < 4.78 is 6.48. The highest BCUT2D eigenvalue weighted by Crippen LogP contribution is 2.31. The van der Waals surface area contributed by atoms with Gasteiger partial charge in [0.2, 0.25) is 0 Å². The maximum atomic E-state index is 5.87. The molecule has 1 fully saturated rings. The molecule has 1 heterocycles. The first-order valence-corrected chi connectivity index (χ1v) is 8.17. The maximum absolute atomic E-state index is 5.87. The Kier molecular flexibility index (Phi) is 5.87. The van der Waals surface area contributed by atoms with E-state index in [0.29, 0.717) is 5.92 Å². The first-order chi connectivity index (χ1) is 9.60. The van der Waals surface area contributed by atoms with Crippen molar-refractivity contribution in [2.24, 2.45) is 11.7 Å². The highest BCUT2D eigenvalue weighted by molar-refractivity contribution is 9.10. The van der Waals surface area contributed by atoms with Crippen LogP contribution in [0.15, 0.2) is 22.7 Å². The Morgan fingerprint density at radius 3 is 2.95 bits per heavy atom. The van der Waals surface area contributed by atoms with Gasteiger partial charge in [0, 0.05) is 30.7 Å². The number of hydrogen-bond acceptors (Lipinski definition) is 3. The number of piperidine rings is 1. The number of ether oxygens (including phenoxy) is 1. The molecule has 2 N–H and O–H groups in total. The van der Waals surface area contributed by atoms with Crippen molar-refractivity contribution in [3.05, 3.63) is 28.2 Å². The van der Waals surface area contributed by atoms with Gasteiger partial charge >= 0.3 is 0 Å². The summed E-state index contributed by atoms with van der Waals surface area (Å²) in [5.74, 6) is 0.643. The van der Waals surface area contributed by atoms with E-state index in [1.165, 1.54) is 28.6 Å². The van der Waals surface area contributed by atoms with E-state index in [1.807, 2.05) is 6.92 Å². The van der Waals surface area contributed by atoms with E-state index in [1.54, 1.807) is 7.11 Å². The third kappa shape index (κ3) is 4.21. The molecule has 1 aliphatic rings. The van der Waals surface area contributed by atoms with Gasteiger partial charge in [0.15, 0.2) is 0 Å². The molecular weight excluding hydrogens is 316 g/mol. The Labute approximate surface area is 130 Å². The highest BCUT2D eigenvalue weighted by atomic mass is 79.9. The number of nitrogens with zero attached hydrogens (tertiary/aromatic N) is 1. The second kappa shape index (κ2) is 7.43. The van der Waals surface area contributed by atoms with E-state index >= 15 is 0 Å². The van der Waals surface area contributed by atoms with Gasteiger partial charge in [0.1, 0.15) is 0 Å². The first kappa shape index (κ1) is 15.8. The predicted molar refractivity (Wildman–Crippen MR) is 88.3 cm³/mol. The maximum Gasteiger partial charge on any atom is 0.0510 e. The van der Waals surface area contributed by atoms with Crippen molar-refractivity contribution in [3.8, 4) is 0 Å². The Bertz CT molecular complexity index is 434. The summed E-state index contributed by atoms with van der Waals surface area (Å²) >= 11 is 3.72. The van der Waals surface area contributed by atoms with Gasteiger partial charge in [0.05, 0.1) is 12.3 Å². The van der Waals surface area contributed by atoms with Crippen LogP contribution < -0.4 is 10.6 Å². The van der Waals surface area contributed by atoms with E-state index in [9.17, 15) is 0 Å². The molecule has 3 nitrogen and oxygen atoms in total. The molecule has 0 radical (unpaired) electrons. The lowest BCUT2D eigenvalue weighted by molar-refractivity contribution is 0.143. The summed E-state index contributed by atoms with van der Waals surface area (Å²) in [4.78, 5) is 2.47. The number of halogens is 1. The van der Waals surface area contributed by atoms with Crippen LogP contribution in [0.4, 0.5) is 5.69 Å². The fraction of sp³-hybridized carbons (Fsp3) is 0.625. The fourth-order valence-electron chi connectivity index (χ4n) is 2.96. The second-order valence-electron chi connectivity index (χ2n) is 5.88. The van der Waals surface area contributed by atoms with Gasteiger partial charge in [-0.05, 0) is 65.7 Å². The van der Waals surface area contributed by atoms with Crippen LogP contribution in [0.2, 0.25) is 0 Å². The lowest BCUT2D eigenvalue weighted by atomic mass is 9.98. The first-order valence-electron chi connectivity index (χ1n) is 7.38. The van der Waals surface area contributed by atoms with Gasteiger partial charge in [0.25, 0.3) is 0 Å². The zero-order valence-corrected chi connectivity index (χ0v) is 14.0. The fourth-order valence-corrected chi connectivity index (χ4v) is 3.64. The molecule has 1 saturated heterocycles. The summed E-state index contributed by atoms with van der Waals surface area (Å²) in [6.45, 7) is 5.11. The van der Waals surface area contributed by atoms with Crippen molar-refractivity contribution in [3.63, 3.8) is 0 Å². The monoisotopic (exact) mass is 340 g/mol. The number of anilines is 1. The van der Waals surface area contributed by atoms with Crippen molar-refractivity contribution < 1.29 is 4.74 Å². The second-order valence-corrected chi connectivity index (χ2v) is 6.73. The van der Waals surface area contributed by atoms with Crippen molar-refractivity contribution in [2.75, 3.05) is 31.7 Å².